The van der Waals surface area contributed by atoms with E-state index in [1.165, 1.54) is 0 Å². The summed E-state index contributed by atoms with van der Waals surface area (Å²) in [5, 5.41) is 9.33. The van der Waals surface area contributed by atoms with Crippen LogP contribution in [0.1, 0.15) is 35.4 Å². The lowest BCUT2D eigenvalue weighted by Gasteiger charge is -2.08. The quantitative estimate of drug-likeness (QED) is 0.867. The normalized spacial score (nSPS) is 10.3. The van der Waals surface area contributed by atoms with E-state index >= 15 is 0 Å². The van der Waals surface area contributed by atoms with Crippen LogP contribution < -0.4 is 5.32 Å². The van der Waals surface area contributed by atoms with E-state index in [4.69, 9.17) is 0 Å². The predicted octanol–water partition coefficient (Wildman–Crippen LogP) is 2.32. The fourth-order valence-electron chi connectivity index (χ4n) is 1.75. The van der Waals surface area contributed by atoms with E-state index < -0.39 is 0 Å². The smallest absolute Gasteiger partial charge is 0.295 e. The van der Waals surface area contributed by atoms with Crippen molar-refractivity contribution in [1.82, 2.24) is 15.2 Å². The molecular formula is C13H16N4O. The maximum absolute atomic E-state index is 11.9. The number of rotatable bonds is 4. The predicted molar refractivity (Wildman–Crippen MR) is 69.5 cm³/mol. The van der Waals surface area contributed by atoms with Crippen LogP contribution in [0.2, 0.25) is 0 Å². The molecule has 0 aliphatic rings. The number of nitrogens with zero attached hydrogens (tertiary/aromatic N) is 2. The van der Waals surface area contributed by atoms with Crippen molar-refractivity contribution < 1.29 is 4.79 Å². The topological polar surface area (TPSA) is 70.7 Å². The van der Waals surface area contributed by atoms with Crippen molar-refractivity contribution >= 4 is 11.6 Å². The summed E-state index contributed by atoms with van der Waals surface area (Å²) in [4.78, 5) is 15.9. The minimum absolute atomic E-state index is 0.166. The molecule has 94 valence electrons. The van der Waals surface area contributed by atoms with Crippen molar-refractivity contribution in [3.63, 3.8) is 0 Å². The Kier molecular flexibility index (Phi) is 3.72. The van der Waals surface area contributed by atoms with Crippen LogP contribution in [-0.4, -0.2) is 21.1 Å². The molecule has 2 rings (SSSR count). The van der Waals surface area contributed by atoms with Crippen molar-refractivity contribution in [3.05, 3.63) is 41.5 Å². The monoisotopic (exact) mass is 244 g/mol. The van der Waals surface area contributed by atoms with Crippen molar-refractivity contribution in [1.29, 1.82) is 0 Å². The highest BCUT2D eigenvalue weighted by atomic mass is 16.2. The third-order valence-electron chi connectivity index (χ3n) is 2.59. The second kappa shape index (κ2) is 5.44. The number of aryl methyl sites for hydroxylation is 2. The minimum Gasteiger partial charge on any atom is -0.319 e. The SMILES string of the molecule is CCCc1ccccc1NC(=O)c1n[nH]c(C)n1. The molecule has 0 saturated carbocycles. The molecule has 2 N–H and O–H groups in total. The van der Waals surface area contributed by atoms with Gasteiger partial charge in [0.25, 0.3) is 5.91 Å². The summed E-state index contributed by atoms with van der Waals surface area (Å²) in [5.74, 6) is 0.503. The average Bonchev–Trinajstić information content (AvgIpc) is 2.79. The van der Waals surface area contributed by atoms with Gasteiger partial charge in [-0.05, 0) is 25.0 Å². The highest BCUT2D eigenvalue weighted by Crippen LogP contribution is 2.17. The maximum atomic E-state index is 11.9. The third-order valence-corrected chi connectivity index (χ3v) is 2.59. The summed E-state index contributed by atoms with van der Waals surface area (Å²) in [5.41, 5.74) is 1.95. The van der Waals surface area contributed by atoms with Gasteiger partial charge in [0, 0.05) is 5.69 Å². The molecule has 0 unspecified atom stereocenters. The number of para-hydroxylation sites is 1. The van der Waals surface area contributed by atoms with Crippen molar-refractivity contribution in [2.24, 2.45) is 0 Å². The lowest BCUT2D eigenvalue weighted by atomic mass is 10.1. The second-order valence-electron chi connectivity index (χ2n) is 4.11. The van der Waals surface area contributed by atoms with E-state index in [0.717, 1.165) is 24.1 Å². The average molecular weight is 244 g/mol. The van der Waals surface area contributed by atoms with Gasteiger partial charge < -0.3 is 5.32 Å². The first-order chi connectivity index (χ1) is 8.70. The van der Waals surface area contributed by atoms with Crippen LogP contribution in [0, 0.1) is 6.92 Å². The number of carbonyl (C=O) groups is 1. The van der Waals surface area contributed by atoms with Gasteiger partial charge in [0.05, 0.1) is 0 Å². The molecule has 0 radical (unpaired) electrons. The summed E-state index contributed by atoms with van der Waals surface area (Å²) in [6, 6.07) is 7.78. The molecule has 0 spiro atoms. The molecule has 0 aliphatic heterocycles. The van der Waals surface area contributed by atoms with Crippen LogP contribution in [0.3, 0.4) is 0 Å². The van der Waals surface area contributed by atoms with E-state index in [9.17, 15) is 4.79 Å². The van der Waals surface area contributed by atoms with Gasteiger partial charge in [0.2, 0.25) is 5.82 Å². The summed E-state index contributed by atoms with van der Waals surface area (Å²) in [6.07, 6.45) is 1.97. The van der Waals surface area contributed by atoms with E-state index in [1.807, 2.05) is 24.3 Å². The largest absolute Gasteiger partial charge is 0.319 e. The Labute approximate surface area is 106 Å². The molecule has 0 aliphatic carbocycles. The number of H-pyrrole nitrogens is 1. The van der Waals surface area contributed by atoms with E-state index in [2.05, 4.69) is 27.4 Å². The Morgan fingerprint density at radius 1 is 1.39 bits per heavy atom. The lowest BCUT2D eigenvalue weighted by molar-refractivity contribution is 0.101. The molecule has 5 heteroatoms. The van der Waals surface area contributed by atoms with E-state index in [-0.39, 0.29) is 11.7 Å². The highest BCUT2D eigenvalue weighted by molar-refractivity contribution is 6.01. The number of aromatic nitrogens is 3. The zero-order valence-corrected chi connectivity index (χ0v) is 10.5. The Hall–Kier alpha value is -2.17. The molecule has 1 aromatic carbocycles. The molecule has 5 nitrogen and oxygen atoms in total. The Morgan fingerprint density at radius 3 is 2.83 bits per heavy atom. The summed E-state index contributed by atoms with van der Waals surface area (Å²) >= 11 is 0. The first-order valence-electron chi connectivity index (χ1n) is 5.99. The van der Waals surface area contributed by atoms with E-state index in [1.54, 1.807) is 6.92 Å². The fraction of sp³-hybridized carbons (Fsp3) is 0.308. The summed E-state index contributed by atoms with van der Waals surface area (Å²) in [6.45, 7) is 3.87. The number of benzene rings is 1. The standard InChI is InChI=1S/C13H16N4O/c1-3-6-10-7-4-5-8-11(10)15-13(18)12-14-9(2)16-17-12/h4-5,7-8H,3,6H2,1-2H3,(H,15,18)(H,14,16,17). The maximum Gasteiger partial charge on any atom is 0.295 e. The van der Waals surface area contributed by atoms with Crippen molar-refractivity contribution in [2.75, 3.05) is 5.32 Å². The zero-order chi connectivity index (χ0) is 13.0. The fourth-order valence-corrected chi connectivity index (χ4v) is 1.75. The van der Waals surface area contributed by atoms with Gasteiger partial charge in [-0.1, -0.05) is 31.5 Å². The van der Waals surface area contributed by atoms with Gasteiger partial charge in [-0.25, -0.2) is 4.98 Å². The molecule has 0 bridgehead atoms. The second-order valence-corrected chi connectivity index (χ2v) is 4.11. The summed E-state index contributed by atoms with van der Waals surface area (Å²) in [7, 11) is 0. The first-order valence-corrected chi connectivity index (χ1v) is 5.99. The number of hydrogen-bond donors (Lipinski definition) is 2. The highest BCUT2D eigenvalue weighted by Gasteiger charge is 2.12. The Balaban J connectivity index is 2.16. The van der Waals surface area contributed by atoms with Crippen LogP contribution in [0.4, 0.5) is 5.69 Å². The van der Waals surface area contributed by atoms with Gasteiger partial charge in [-0.3, -0.25) is 9.89 Å². The van der Waals surface area contributed by atoms with Crippen LogP contribution >= 0.6 is 0 Å². The van der Waals surface area contributed by atoms with Crippen molar-refractivity contribution in [2.45, 2.75) is 26.7 Å². The minimum atomic E-state index is -0.289. The zero-order valence-electron chi connectivity index (χ0n) is 10.5. The van der Waals surface area contributed by atoms with Crippen molar-refractivity contribution in [3.8, 4) is 0 Å². The number of aromatic amines is 1. The number of hydrogen-bond acceptors (Lipinski definition) is 3. The third kappa shape index (κ3) is 2.74. The number of carbonyl (C=O) groups excluding carboxylic acids is 1. The van der Waals surface area contributed by atoms with Crippen LogP contribution in [0.5, 0.6) is 0 Å². The molecule has 1 amide bonds. The van der Waals surface area contributed by atoms with Gasteiger partial charge in [0.15, 0.2) is 0 Å². The molecule has 0 atom stereocenters. The van der Waals surface area contributed by atoms with Gasteiger partial charge in [-0.2, -0.15) is 0 Å². The van der Waals surface area contributed by atoms with Gasteiger partial charge in [0.1, 0.15) is 5.82 Å². The lowest BCUT2D eigenvalue weighted by Crippen LogP contribution is -2.15. The molecule has 0 fully saturated rings. The van der Waals surface area contributed by atoms with Crippen LogP contribution in [0.15, 0.2) is 24.3 Å². The molecule has 2 aromatic rings. The van der Waals surface area contributed by atoms with Gasteiger partial charge >= 0.3 is 0 Å². The van der Waals surface area contributed by atoms with Crippen LogP contribution in [-0.2, 0) is 6.42 Å². The molecule has 1 aromatic heterocycles. The van der Waals surface area contributed by atoms with Gasteiger partial charge in [-0.15, -0.1) is 5.10 Å². The first kappa shape index (κ1) is 12.3. The number of nitrogens with one attached hydrogen (secondary N) is 2. The molecule has 18 heavy (non-hydrogen) atoms. The van der Waals surface area contributed by atoms with E-state index in [0.29, 0.717) is 5.82 Å². The Bertz CT molecular complexity index is 547. The summed E-state index contributed by atoms with van der Waals surface area (Å²) < 4.78 is 0. The van der Waals surface area contributed by atoms with Crippen LogP contribution in [0.25, 0.3) is 0 Å². The molecule has 1 heterocycles. The number of amides is 1. The molecular weight excluding hydrogens is 228 g/mol. The molecule has 0 saturated heterocycles. The Morgan fingerprint density at radius 2 is 2.17 bits per heavy atom. The number of anilines is 1.